The van der Waals surface area contributed by atoms with E-state index in [1.54, 1.807) is 0 Å². The number of rotatable bonds is 14. The topological polar surface area (TPSA) is 66.4 Å². The van der Waals surface area contributed by atoms with Crippen molar-refractivity contribution in [3.8, 4) is 0 Å². The summed E-state index contributed by atoms with van der Waals surface area (Å²) in [5.74, 6) is 0.398. The number of benzene rings is 3. The van der Waals surface area contributed by atoms with Gasteiger partial charge in [0.25, 0.3) is 0 Å². The maximum absolute atomic E-state index is 13.4. The van der Waals surface area contributed by atoms with Gasteiger partial charge in [-0.15, -0.1) is 11.3 Å². The van der Waals surface area contributed by atoms with Crippen LogP contribution in [0.1, 0.15) is 88.9 Å². The van der Waals surface area contributed by atoms with Gasteiger partial charge in [-0.2, -0.15) is 0 Å². The number of carbonyl (C=O) groups excluding carboxylic acids is 1. The summed E-state index contributed by atoms with van der Waals surface area (Å²) < 4.78 is 0. The standard InChI is InChI=1S/C36H41NO3S/c1-24(2)21-26-11-15-28(16-12-26)35(29-17-13-27(14-18-29)22-25(3)4)37-31-8-5-7-30(23-31)36(40)33-20-19-32(41-33)9-6-10-34(38)39/h5,7-8,11-20,23-25,35,37H,6,9-10,21-22H2,1-4H3,(H,38,39). The van der Waals surface area contributed by atoms with Crippen LogP contribution in [0.2, 0.25) is 0 Å². The monoisotopic (exact) mass is 567 g/mol. The maximum Gasteiger partial charge on any atom is 0.303 e. The second-order valence-corrected chi connectivity index (χ2v) is 12.8. The predicted octanol–water partition coefficient (Wildman–Crippen LogP) is 8.98. The van der Waals surface area contributed by atoms with E-state index < -0.39 is 5.97 Å². The van der Waals surface area contributed by atoms with Crippen molar-refractivity contribution in [2.75, 3.05) is 5.32 Å². The Bertz CT molecular complexity index is 1380. The highest BCUT2D eigenvalue weighted by Gasteiger charge is 2.17. The first-order valence-corrected chi connectivity index (χ1v) is 15.4. The number of hydrogen-bond donors (Lipinski definition) is 2. The lowest BCUT2D eigenvalue weighted by atomic mass is 9.93. The van der Waals surface area contributed by atoms with Crippen LogP contribution in [0, 0.1) is 11.8 Å². The van der Waals surface area contributed by atoms with Gasteiger partial charge in [0.15, 0.2) is 0 Å². The van der Waals surface area contributed by atoms with Gasteiger partial charge in [0.1, 0.15) is 0 Å². The number of aryl methyl sites for hydroxylation is 1. The summed E-state index contributed by atoms with van der Waals surface area (Å²) in [5, 5.41) is 12.6. The number of carboxylic acid groups (broad SMARTS) is 1. The van der Waals surface area contributed by atoms with Crippen molar-refractivity contribution < 1.29 is 14.7 Å². The van der Waals surface area contributed by atoms with E-state index >= 15 is 0 Å². The highest BCUT2D eigenvalue weighted by atomic mass is 32.1. The molecule has 0 aliphatic carbocycles. The van der Waals surface area contributed by atoms with Crippen molar-refractivity contribution in [3.63, 3.8) is 0 Å². The molecule has 0 fully saturated rings. The lowest BCUT2D eigenvalue weighted by Crippen LogP contribution is -2.13. The molecule has 0 radical (unpaired) electrons. The zero-order valence-electron chi connectivity index (χ0n) is 24.5. The molecule has 2 N–H and O–H groups in total. The number of hydrogen-bond acceptors (Lipinski definition) is 4. The Kier molecular flexibility index (Phi) is 10.5. The van der Waals surface area contributed by atoms with Gasteiger partial charge in [-0.3, -0.25) is 9.59 Å². The van der Waals surface area contributed by atoms with Crippen molar-refractivity contribution in [1.29, 1.82) is 0 Å². The van der Waals surface area contributed by atoms with Gasteiger partial charge in [-0.25, -0.2) is 0 Å². The van der Waals surface area contributed by atoms with Crippen LogP contribution in [0.4, 0.5) is 5.69 Å². The van der Waals surface area contributed by atoms with Crippen molar-refractivity contribution in [2.45, 2.75) is 65.8 Å². The van der Waals surface area contributed by atoms with E-state index in [1.165, 1.54) is 33.6 Å². The molecule has 41 heavy (non-hydrogen) atoms. The van der Waals surface area contributed by atoms with Gasteiger partial charge in [0.2, 0.25) is 5.78 Å². The second-order valence-electron chi connectivity index (χ2n) is 11.7. The first kappa shape index (κ1) is 30.3. The van der Waals surface area contributed by atoms with Crippen LogP contribution in [-0.4, -0.2) is 16.9 Å². The fourth-order valence-corrected chi connectivity index (χ4v) is 6.11. The normalized spacial score (nSPS) is 11.4. The minimum Gasteiger partial charge on any atom is -0.481 e. The van der Waals surface area contributed by atoms with E-state index in [4.69, 9.17) is 5.11 Å². The third kappa shape index (κ3) is 8.89. The number of aliphatic carboxylic acids is 1. The molecule has 0 bridgehead atoms. The Hall–Kier alpha value is -3.70. The third-order valence-corrected chi connectivity index (χ3v) is 8.19. The summed E-state index contributed by atoms with van der Waals surface area (Å²) in [6, 6.07) is 29.2. The summed E-state index contributed by atoms with van der Waals surface area (Å²) in [6.07, 6.45) is 3.48. The van der Waals surface area contributed by atoms with E-state index in [9.17, 15) is 9.59 Å². The third-order valence-electron chi connectivity index (χ3n) is 7.05. The minimum atomic E-state index is -0.793. The molecule has 0 saturated heterocycles. The van der Waals surface area contributed by atoms with Crippen molar-refractivity contribution in [3.05, 3.63) is 123 Å². The SMILES string of the molecule is CC(C)Cc1ccc(C(Nc2cccc(C(=O)c3ccc(CCCC(=O)O)s3)c2)c2ccc(CC(C)C)cc2)cc1. The van der Waals surface area contributed by atoms with Gasteiger partial charge < -0.3 is 10.4 Å². The molecule has 3 aromatic carbocycles. The average molecular weight is 568 g/mol. The van der Waals surface area contributed by atoms with E-state index in [0.717, 1.165) is 23.4 Å². The van der Waals surface area contributed by atoms with E-state index in [1.807, 2.05) is 36.4 Å². The van der Waals surface area contributed by atoms with Crippen molar-refractivity contribution in [2.24, 2.45) is 11.8 Å². The number of anilines is 1. The van der Waals surface area contributed by atoms with Crippen LogP contribution >= 0.6 is 11.3 Å². The number of ketones is 1. The highest BCUT2D eigenvalue weighted by molar-refractivity contribution is 7.14. The Morgan fingerprint density at radius 1 is 0.780 bits per heavy atom. The summed E-state index contributed by atoms with van der Waals surface area (Å²) >= 11 is 1.45. The minimum absolute atomic E-state index is 0.0178. The average Bonchev–Trinajstić information content (AvgIpc) is 3.41. The Morgan fingerprint density at radius 2 is 1.37 bits per heavy atom. The Morgan fingerprint density at radius 3 is 1.90 bits per heavy atom. The van der Waals surface area contributed by atoms with Crippen LogP contribution in [0.25, 0.3) is 0 Å². The zero-order valence-corrected chi connectivity index (χ0v) is 25.3. The molecule has 4 nitrogen and oxygen atoms in total. The van der Waals surface area contributed by atoms with Crippen molar-refractivity contribution in [1.82, 2.24) is 0 Å². The molecule has 5 heteroatoms. The molecule has 0 atom stereocenters. The lowest BCUT2D eigenvalue weighted by Gasteiger charge is -2.22. The molecule has 0 aliphatic heterocycles. The fraction of sp³-hybridized carbons (Fsp3) is 0.333. The number of carbonyl (C=O) groups is 2. The molecule has 0 unspecified atom stereocenters. The molecule has 0 saturated carbocycles. The summed E-state index contributed by atoms with van der Waals surface area (Å²) in [7, 11) is 0. The highest BCUT2D eigenvalue weighted by Crippen LogP contribution is 2.30. The first-order chi connectivity index (χ1) is 19.7. The van der Waals surface area contributed by atoms with E-state index in [0.29, 0.717) is 35.1 Å². The molecule has 0 aliphatic rings. The van der Waals surface area contributed by atoms with Gasteiger partial charge in [0.05, 0.1) is 10.9 Å². The molecule has 4 rings (SSSR count). The molecule has 214 valence electrons. The fourth-order valence-electron chi connectivity index (χ4n) is 5.10. The van der Waals surface area contributed by atoms with Crippen molar-refractivity contribution >= 4 is 28.8 Å². The summed E-state index contributed by atoms with van der Waals surface area (Å²) in [4.78, 5) is 25.9. The van der Waals surface area contributed by atoms with Crippen LogP contribution < -0.4 is 5.32 Å². The summed E-state index contributed by atoms with van der Waals surface area (Å²) in [5.41, 5.74) is 6.54. The van der Waals surface area contributed by atoms with Gasteiger partial charge in [0, 0.05) is 22.5 Å². The molecule has 0 amide bonds. The first-order valence-electron chi connectivity index (χ1n) is 14.6. The number of carboxylic acids is 1. The summed E-state index contributed by atoms with van der Waals surface area (Å²) in [6.45, 7) is 8.95. The smallest absolute Gasteiger partial charge is 0.303 e. The van der Waals surface area contributed by atoms with Gasteiger partial charge in [-0.1, -0.05) is 88.4 Å². The van der Waals surface area contributed by atoms with Gasteiger partial charge in [-0.05, 0) is 84.0 Å². The Balaban J connectivity index is 1.57. The van der Waals surface area contributed by atoms with Crippen LogP contribution in [0.3, 0.4) is 0 Å². The quantitative estimate of drug-likeness (QED) is 0.149. The molecular weight excluding hydrogens is 526 g/mol. The Labute approximate surface area is 248 Å². The van der Waals surface area contributed by atoms with Crippen LogP contribution in [0.15, 0.2) is 84.9 Å². The second kappa shape index (κ2) is 14.3. The largest absolute Gasteiger partial charge is 0.481 e. The van der Waals surface area contributed by atoms with E-state index in [2.05, 4.69) is 81.5 Å². The zero-order chi connectivity index (χ0) is 29.4. The molecule has 1 aromatic heterocycles. The molecule has 4 aromatic rings. The van der Waals surface area contributed by atoms with Crippen LogP contribution in [0.5, 0.6) is 0 Å². The van der Waals surface area contributed by atoms with Crippen LogP contribution in [-0.2, 0) is 24.1 Å². The number of nitrogens with one attached hydrogen (secondary N) is 1. The maximum atomic E-state index is 13.4. The lowest BCUT2D eigenvalue weighted by molar-refractivity contribution is -0.137. The predicted molar refractivity (Wildman–Crippen MR) is 170 cm³/mol. The molecule has 1 heterocycles. The molecular formula is C36H41NO3S. The van der Waals surface area contributed by atoms with Gasteiger partial charge >= 0.3 is 5.97 Å². The number of thiophene rings is 1. The van der Waals surface area contributed by atoms with E-state index in [-0.39, 0.29) is 18.2 Å². The molecule has 0 spiro atoms.